The first-order valence-corrected chi connectivity index (χ1v) is 5.17. The van der Waals surface area contributed by atoms with Gasteiger partial charge in [-0.05, 0) is 18.2 Å². The SMILES string of the molecule is CCCSc1nc(N)ccc1[N+](=O)[O-]. The molecule has 2 N–H and O–H groups in total. The van der Waals surface area contributed by atoms with E-state index in [2.05, 4.69) is 4.98 Å². The third kappa shape index (κ3) is 2.59. The molecule has 1 rings (SSSR count). The summed E-state index contributed by atoms with van der Waals surface area (Å²) in [5.41, 5.74) is 5.48. The number of nitrogens with zero attached hydrogens (tertiary/aromatic N) is 2. The summed E-state index contributed by atoms with van der Waals surface area (Å²) in [6.45, 7) is 2.01. The van der Waals surface area contributed by atoms with Gasteiger partial charge in [0.15, 0.2) is 5.03 Å². The fourth-order valence-corrected chi connectivity index (χ4v) is 1.75. The van der Waals surface area contributed by atoms with Crippen molar-refractivity contribution in [1.82, 2.24) is 4.98 Å². The predicted octanol–water partition coefficient (Wildman–Crippen LogP) is 2.07. The lowest BCUT2D eigenvalue weighted by Crippen LogP contribution is -1.97. The van der Waals surface area contributed by atoms with E-state index in [4.69, 9.17) is 5.73 Å². The molecule has 0 radical (unpaired) electrons. The largest absolute Gasteiger partial charge is 0.384 e. The maximum Gasteiger partial charge on any atom is 0.301 e. The van der Waals surface area contributed by atoms with Gasteiger partial charge in [-0.1, -0.05) is 18.7 Å². The van der Waals surface area contributed by atoms with Gasteiger partial charge in [-0.3, -0.25) is 10.1 Å². The van der Waals surface area contributed by atoms with E-state index in [0.29, 0.717) is 10.8 Å². The van der Waals surface area contributed by atoms with Gasteiger partial charge in [0, 0.05) is 6.07 Å². The molecule has 0 aliphatic rings. The highest BCUT2D eigenvalue weighted by molar-refractivity contribution is 7.99. The monoisotopic (exact) mass is 213 g/mol. The topological polar surface area (TPSA) is 82.0 Å². The van der Waals surface area contributed by atoms with Crippen molar-refractivity contribution in [2.24, 2.45) is 0 Å². The van der Waals surface area contributed by atoms with Crippen molar-refractivity contribution < 1.29 is 4.92 Å². The van der Waals surface area contributed by atoms with E-state index in [9.17, 15) is 10.1 Å². The standard InChI is InChI=1S/C8H11N3O2S/c1-2-5-14-8-6(11(12)13)3-4-7(9)10-8/h3-4H,2,5H2,1H3,(H2,9,10). The number of nitrogen functional groups attached to an aromatic ring is 1. The second kappa shape index (κ2) is 4.80. The minimum atomic E-state index is -0.440. The summed E-state index contributed by atoms with van der Waals surface area (Å²) in [6, 6.07) is 2.83. The Kier molecular flexibility index (Phi) is 3.70. The normalized spacial score (nSPS) is 10.1. The first-order chi connectivity index (χ1) is 6.65. The Labute approximate surface area is 85.9 Å². The van der Waals surface area contributed by atoms with Crippen LogP contribution in [-0.2, 0) is 0 Å². The summed E-state index contributed by atoms with van der Waals surface area (Å²) >= 11 is 1.36. The number of nitro groups is 1. The van der Waals surface area contributed by atoms with E-state index in [1.165, 1.54) is 23.9 Å². The molecular weight excluding hydrogens is 202 g/mol. The number of hydrogen-bond acceptors (Lipinski definition) is 5. The lowest BCUT2D eigenvalue weighted by Gasteiger charge is -2.01. The van der Waals surface area contributed by atoms with Gasteiger partial charge >= 0.3 is 5.69 Å². The van der Waals surface area contributed by atoms with E-state index in [1.807, 2.05) is 6.92 Å². The van der Waals surface area contributed by atoms with Crippen molar-refractivity contribution in [3.63, 3.8) is 0 Å². The lowest BCUT2D eigenvalue weighted by atomic mass is 10.4. The number of thioether (sulfide) groups is 1. The van der Waals surface area contributed by atoms with E-state index in [1.54, 1.807) is 0 Å². The minimum Gasteiger partial charge on any atom is -0.384 e. The summed E-state index contributed by atoms with van der Waals surface area (Å²) < 4.78 is 0. The molecule has 0 saturated heterocycles. The van der Waals surface area contributed by atoms with Crippen LogP contribution in [0.5, 0.6) is 0 Å². The zero-order valence-electron chi connectivity index (χ0n) is 7.77. The smallest absolute Gasteiger partial charge is 0.301 e. The van der Waals surface area contributed by atoms with Crippen LogP contribution in [0, 0.1) is 10.1 Å². The quantitative estimate of drug-likeness (QED) is 0.470. The van der Waals surface area contributed by atoms with Gasteiger partial charge in [-0.15, -0.1) is 0 Å². The van der Waals surface area contributed by atoms with Crippen LogP contribution in [0.15, 0.2) is 17.2 Å². The van der Waals surface area contributed by atoms with E-state index in [0.717, 1.165) is 12.2 Å². The van der Waals surface area contributed by atoms with Crippen LogP contribution >= 0.6 is 11.8 Å². The van der Waals surface area contributed by atoms with Crippen LogP contribution in [0.2, 0.25) is 0 Å². The Morgan fingerprint density at radius 3 is 2.93 bits per heavy atom. The van der Waals surface area contributed by atoms with Crippen LogP contribution in [0.25, 0.3) is 0 Å². The summed E-state index contributed by atoms with van der Waals surface area (Å²) in [7, 11) is 0. The number of pyridine rings is 1. The molecule has 0 saturated carbocycles. The van der Waals surface area contributed by atoms with Crippen LogP contribution in [-0.4, -0.2) is 15.7 Å². The first kappa shape index (κ1) is 10.8. The molecule has 0 bridgehead atoms. The summed E-state index contributed by atoms with van der Waals surface area (Å²) in [5.74, 6) is 1.12. The fourth-order valence-electron chi connectivity index (χ4n) is 0.891. The number of aromatic nitrogens is 1. The molecule has 5 nitrogen and oxygen atoms in total. The summed E-state index contributed by atoms with van der Waals surface area (Å²) in [6.07, 6.45) is 0.943. The molecule has 0 unspecified atom stereocenters. The van der Waals surface area contributed by atoms with Crippen molar-refractivity contribution in [1.29, 1.82) is 0 Å². The molecule has 0 fully saturated rings. The minimum absolute atomic E-state index is 0.0256. The lowest BCUT2D eigenvalue weighted by molar-refractivity contribution is -0.388. The second-order valence-electron chi connectivity index (χ2n) is 2.67. The van der Waals surface area contributed by atoms with Gasteiger partial charge < -0.3 is 5.73 Å². The van der Waals surface area contributed by atoms with E-state index < -0.39 is 4.92 Å². The molecule has 0 amide bonds. The average Bonchev–Trinajstić information content (AvgIpc) is 2.14. The van der Waals surface area contributed by atoms with E-state index in [-0.39, 0.29) is 5.69 Å². The molecule has 0 aliphatic carbocycles. The number of anilines is 1. The average molecular weight is 213 g/mol. The number of rotatable bonds is 4. The van der Waals surface area contributed by atoms with Gasteiger partial charge in [-0.2, -0.15) is 0 Å². The highest BCUT2D eigenvalue weighted by Gasteiger charge is 2.15. The van der Waals surface area contributed by atoms with Crippen LogP contribution in [0.4, 0.5) is 11.5 Å². The van der Waals surface area contributed by atoms with Crippen LogP contribution in [0.3, 0.4) is 0 Å². The Balaban J connectivity index is 2.97. The molecule has 1 aromatic rings. The molecule has 1 aromatic heterocycles. The van der Waals surface area contributed by atoms with Gasteiger partial charge in [0.05, 0.1) is 4.92 Å². The molecule has 1 heterocycles. The Morgan fingerprint density at radius 1 is 1.64 bits per heavy atom. The van der Waals surface area contributed by atoms with Gasteiger partial charge in [0.1, 0.15) is 5.82 Å². The number of nitrogens with two attached hydrogens (primary N) is 1. The molecule has 0 aromatic carbocycles. The van der Waals surface area contributed by atoms with Crippen molar-refractivity contribution in [2.45, 2.75) is 18.4 Å². The Hall–Kier alpha value is -1.30. The zero-order valence-corrected chi connectivity index (χ0v) is 8.58. The highest BCUT2D eigenvalue weighted by atomic mass is 32.2. The van der Waals surface area contributed by atoms with Crippen molar-refractivity contribution >= 4 is 23.3 Å². The number of hydrogen-bond donors (Lipinski definition) is 1. The summed E-state index contributed by atoms with van der Waals surface area (Å²) in [4.78, 5) is 14.1. The predicted molar refractivity (Wildman–Crippen MR) is 56.3 cm³/mol. The van der Waals surface area contributed by atoms with Crippen LogP contribution < -0.4 is 5.73 Å². The molecular formula is C8H11N3O2S. The maximum absolute atomic E-state index is 10.6. The molecule has 76 valence electrons. The second-order valence-corrected chi connectivity index (χ2v) is 3.75. The molecule has 6 heteroatoms. The Bertz CT molecular complexity index is 343. The first-order valence-electron chi connectivity index (χ1n) is 4.19. The Morgan fingerprint density at radius 2 is 2.36 bits per heavy atom. The molecule has 0 atom stereocenters. The van der Waals surface area contributed by atoms with Gasteiger partial charge in [0.2, 0.25) is 0 Å². The zero-order chi connectivity index (χ0) is 10.6. The van der Waals surface area contributed by atoms with Crippen molar-refractivity contribution in [3.05, 3.63) is 22.2 Å². The van der Waals surface area contributed by atoms with E-state index >= 15 is 0 Å². The fraction of sp³-hybridized carbons (Fsp3) is 0.375. The van der Waals surface area contributed by atoms with Gasteiger partial charge in [-0.25, -0.2) is 4.98 Å². The van der Waals surface area contributed by atoms with Crippen molar-refractivity contribution in [2.75, 3.05) is 11.5 Å². The summed E-state index contributed by atoms with van der Waals surface area (Å²) in [5, 5.41) is 11.0. The third-order valence-electron chi connectivity index (χ3n) is 1.50. The molecule has 14 heavy (non-hydrogen) atoms. The molecule has 0 spiro atoms. The van der Waals surface area contributed by atoms with Gasteiger partial charge in [0.25, 0.3) is 0 Å². The highest BCUT2D eigenvalue weighted by Crippen LogP contribution is 2.28. The maximum atomic E-state index is 10.6. The molecule has 0 aliphatic heterocycles. The van der Waals surface area contributed by atoms with Crippen LogP contribution in [0.1, 0.15) is 13.3 Å². The third-order valence-corrected chi connectivity index (χ3v) is 2.69. The van der Waals surface area contributed by atoms with Crippen molar-refractivity contribution in [3.8, 4) is 0 Å².